The van der Waals surface area contributed by atoms with Crippen LogP contribution in [0.2, 0.25) is 0 Å². The van der Waals surface area contributed by atoms with Gasteiger partial charge in [0.15, 0.2) is 0 Å². The van der Waals surface area contributed by atoms with E-state index in [0.29, 0.717) is 18.9 Å². The number of likely N-dealkylation sites (N-methyl/N-ethyl adjacent to an activating group) is 1. The van der Waals surface area contributed by atoms with Gasteiger partial charge in [0.2, 0.25) is 15.9 Å². The van der Waals surface area contributed by atoms with Crippen molar-refractivity contribution in [3.05, 3.63) is 54.1 Å². The van der Waals surface area contributed by atoms with Crippen LogP contribution in [0, 0.1) is 17.2 Å². The second-order valence-electron chi connectivity index (χ2n) is 8.99. The van der Waals surface area contributed by atoms with Crippen LogP contribution in [-0.2, 0) is 14.8 Å². The zero-order chi connectivity index (χ0) is 24.6. The Bertz CT molecular complexity index is 1070. The number of rotatable bonds is 11. The van der Waals surface area contributed by atoms with Crippen LogP contribution in [0.3, 0.4) is 0 Å². The lowest BCUT2D eigenvalue weighted by Crippen LogP contribution is -2.39. The average Bonchev–Trinajstić information content (AvgIpc) is 2.75. The van der Waals surface area contributed by atoms with Gasteiger partial charge in [-0.3, -0.25) is 4.79 Å². The number of carbonyl (C=O) groups is 1. The first kappa shape index (κ1) is 26.5. The molecule has 0 aliphatic carbocycles. The van der Waals surface area contributed by atoms with E-state index in [4.69, 9.17) is 5.26 Å². The largest absolute Gasteiger partial charge is 0.342 e. The Kier molecular flexibility index (Phi) is 9.59. The molecule has 0 saturated carbocycles. The van der Waals surface area contributed by atoms with E-state index in [1.165, 1.54) is 0 Å². The highest BCUT2D eigenvalue weighted by Crippen LogP contribution is 2.29. The van der Waals surface area contributed by atoms with Crippen LogP contribution in [0.1, 0.15) is 38.7 Å². The summed E-state index contributed by atoms with van der Waals surface area (Å²) in [6.07, 6.45) is 0.661. The Morgan fingerprint density at radius 1 is 1.06 bits per heavy atom. The lowest BCUT2D eigenvalue weighted by molar-refractivity contribution is -0.122. The summed E-state index contributed by atoms with van der Waals surface area (Å²) in [5.41, 5.74) is 2.62. The maximum atomic E-state index is 12.7. The first-order chi connectivity index (χ1) is 15.5. The van der Waals surface area contributed by atoms with E-state index in [2.05, 4.69) is 23.9 Å². The molecule has 2 atom stereocenters. The van der Waals surface area contributed by atoms with Crippen molar-refractivity contribution in [1.82, 2.24) is 14.9 Å². The molecule has 0 spiro atoms. The normalized spacial score (nSPS) is 13.5. The molecule has 2 N–H and O–H groups in total. The number of hydrogen-bond donors (Lipinski definition) is 2. The molecule has 8 heteroatoms. The zero-order valence-corrected chi connectivity index (χ0v) is 20.8. The molecule has 0 saturated heterocycles. The van der Waals surface area contributed by atoms with Gasteiger partial charge in [-0.2, -0.15) is 5.26 Å². The molecule has 33 heavy (non-hydrogen) atoms. The number of sulfonamides is 1. The van der Waals surface area contributed by atoms with Gasteiger partial charge in [-0.15, -0.1) is 0 Å². The van der Waals surface area contributed by atoms with Gasteiger partial charge in [0.1, 0.15) is 6.54 Å². The number of benzene rings is 2. The summed E-state index contributed by atoms with van der Waals surface area (Å²) in [7, 11) is 0.176. The Morgan fingerprint density at radius 2 is 1.73 bits per heavy atom. The van der Waals surface area contributed by atoms with Crippen molar-refractivity contribution >= 4 is 15.9 Å². The quantitative estimate of drug-likeness (QED) is 0.490. The molecule has 178 valence electrons. The van der Waals surface area contributed by atoms with E-state index >= 15 is 0 Å². The summed E-state index contributed by atoms with van der Waals surface area (Å²) >= 11 is 0. The second-order valence-corrected chi connectivity index (χ2v) is 10.7. The van der Waals surface area contributed by atoms with Crippen LogP contribution in [-0.4, -0.2) is 52.5 Å². The molecule has 2 aromatic carbocycles. The number of carbonyl (C=O) groups excluding carboxylic acids is 1. The van der Waals surface area contributed by atoms with E-state index in [0.717, 1.165) is 16.7 Å². The van der Waals surface area contributed by atoms with Crippen molar-refractivity contribution < 1.29 is 13.2 Å². The van der Waals surface area contributed by atoms with E-state index in [1.54, 1.807) is 24.3 Å². The maximum absolute atomic E-state index is 12.7. The lowest BCUT2D eigenvalue weighted by atomic mass is 9.88. The summed E-state index contributed by atoms with van der Waals surface area (Å²) in [6.45, 7) is 6.52. The maximum Gasteiger partial charge on any atom is 0.240 e. The SMILES string of the molecule is CC(C)CC(C(=O)NCC#N)c1cccc(-c2ccc(S(=O)(=O)NC(C)CN(C)C)cc2)c1. The molecule has 0 bridgehead atoms. The molecule has 0 heterocycles. The van der Waals surface area contributed by atoms with Crippen molar-refractivity contribution in [2.45, 2.75) is 44.0 Å². The smallest absolute Gasteiger partial charge is 0.240 e. The molecule has 0 aliphatic rings. The minimum Gasteiger partial charge on any atom is -0.342 e. The third-order valence-corrected chi connectivity index (χ3v) is 6.75. The van der Waals surface area contributed by atoms with Gasteiger partial charge in [0, 0.05) is 12.6 Å². The van der Waals surface area contributed by atoms with Crippen LogP contribution >= 0.6 is 0 Å². The molecule has 2 rings (SSSR count). The minimum atomic E-state index is -3.62. The summed E-state index contributed by atoms with van der Waals surface area (Å²) in [5.74, 6) is -0.222. The third-order valence-electron chi connectivity index (χ3n) is 5.15. The lowest BCUT2D eigenvalue weighted by Gasteiger charge is -2.19. The number of hydrogen-bond acceptors (Lipinski definition) is 5. The van der Waals surface area contributed by atoms with Gasteiger partial charge >= 0.3 is 0 Å². The highest BCUT2D eigenvalue weighted by molar-refractivity contribution is 7.89. The fraction of sp³-hybridized carbons (Fsp3) is 0.440. The molecule has 7 nitrogen and oxygen atoms in total. The van der Waals surface area contributed by atoms with Crippen molar-refractivity contribution in [3.63, 3.8) is 0 Å². The first-order valence-electron chi connectivity index (χ1n) is 11.1. The molecular formula is C25H34N4O3S. The number of nitrogens with zero attached hydrogens (tertiary/aromatic N) is 2. The number of amides is 1. The zero-order valence-electron chi connectivity index (χ0n) is 20.0. The monoisotopic (exact) mass is 470 g/mol. The summed E-state index contributed by atoms with van der Waals surface area (Å²) in [5, 5.41) is 11.5. The minimum absolute atomic E-state index is 0.0236. The summed E-state index contributed by atoms with van der Waals surface area (Å²) in [4.78, 5) is 14.8. The van der Waals surface area contributed by atoms with E-state index < -0.39 is 10.0 Å². The van der Waals surface area contributed by atoms with Crippen molar-refractivity contribution in [1.29, 1.82) is 5.26 Å². The molecular weight excluding hydrogens is 436 g/mol. The topological polar surface area (TPSA) is 102 Å². The van der Waals surface area contributed by atoms with Crippen LogP contribution in [0.4, 0.5) is 0 Å². The van der Waals surface area contributed by atoms with Crippen LogP contribution in [0.5, 0.6) is 0 Å². The molecule has 0 aromatic heterocycles. The van der Waals surface area contributed by atoms with E-state index in [9.17, 15) is 13.2 Å². The molecule has 0 fully saturated rings. The summed E-state index contributed by atoms with van der Waals surface area (Å²) in [6, 6.07) is 16.2. The van der Waals surface area contributed by atoms with Gasteiger partial charge in [0.25, 0.3) is 0 Å². The van der Waals surface area contributed by atoms with Crippen LogP contribution in [0.15, 0.2) is 53.4 Å². The molecule has 0 aliphatic heterocycles. The fourth-order valence-electron chi connectivity index (χ4n) is 3.80. The van der Waals surface area contributed by atoms with Crippen LogP contribution < -0.4 is 10.0 Å². The van der Waals surface area contributed by atoms with Gasteiger partial charge in [-0.05, 0) is 62.2 Å². The Hall–Kier alpha value is -2.73. The second kappa shape index (κ2) is 11.9. The van der Waals surface area contributed by atoms with Gasteiger partial charge in [0.05, 0.1) is 16.9 Å². The highest BCUT2D eigenvalue weighted by Gasteiger charge is 2.22. The Labute approximate surface area is 197 Å². The molecule has 1 amide bonds. The third kappa shape index (κ3) is 7.97. The number of nitriles is 1. The van der Waals surface area contributed by atoms with Gasteiger partial charge < -0.3 is 10.2 Å². The molecule has 2 aromatic rings. The van der Waals surface area contributed by atoms with Crippen molar-refractivity contribution in [3.8, 4) is 17.2 Å². The predicted octanol–water partition coefficient (Wildman–Crippen LogP) is 3.35. The Balaban J connectivity index is 2.27. The Morgan fingerprint density at radius 3 is 2.30 bits per heavy atom. The predicted molar refractivity (Wildman–Crippen MR) is 131 cm³/mol. The molecule has 0 radical (unpaired) electrons. The number of nitrogens with one attached hydrogen (secondary N) is 2. The van der Waals surface area contributed by atoms with E-state index in [-0.39, 0.29) is 29.3 Å². The van der Waals surface area contributed by atoms with Gasteiger partial charge in [-0.25, -0.2) is 13.1 Å². The summed E-state index contributed by atoms with van der Waals surface area (Å²) < 4.78 is 28.1. The molecule has 2 unspecified atom stereocenters. The van der Waals surface area contributed by atoms with Crippen molar-refractivity contribution in [2.75, 3.05) is 27.2 Å². The van der Waals surface area contributed by atoms with Crippen LogP contribution in [0.25, 0.3) is 11.1 Å². The first-order valence-corrected chi connectivity index (χ1v) is 12.5. The standard InChI is InChI=1S/C25H34N4O3S/c1-18(2)15-24(25(30)27-14-13-26)22-8-6-7-21(16-22)20-9-11-23(12-10-20)33(31,32)28-19(3)17-29(4)5/h6-12,16,18-19,24,28H,14-15,17H2,1-5H3,(H,27,30). The highest BCUT2D eigenvalue weighted by atomic mass is 32.2. The van der Waals surface area contributed by atoms with Crippen molar-refractivity contribution in [2.24, 2.45) is 5.92 Å². The van der Waals surface area contributed by atoms with E-state index in [1.807, 2.05) is 56.3 Å². The average molecular weight is 471 g/mol. The van der Waals surface area contributed by atoms with Gasteiger partial charge in [-0.1, -0.05) is 50.2 Å². The fourth-order valence-corrected chi connectivity index (χ4v) is 5.03.